The summed E-state index contributed by atoms with van der Waals surface area (Å²) in [5.74, 6) is 1.45. The number of para-hydroxylation sites is 1. The number of ether oxygens (including phenoxy) is 1. The first-order valence-corrected chi connectivity index (χ1v) is 8.63. The van der Waals surface area contributed by atoms with Crippen LogP contribution in [0.5, 0.6) is 5.75 Å². The summed E-state index contributed by atoms with van der Waals surface area (Å²) in [6.07, 6.45) is 1.68. The molecule has 1 unspecified atom stereocenters. The predicted molar refractivity (Wildman–Crippen MR) is 103 cm³/mol. The number of nitrogens with zero attached hydrogens (tertiary/aromatic N) is 2. The zero-order valence-electron chi connectivity index (χ0n) is 15.0. The van der Waals surface area contributed by atoms with Gasteiger partial charge in [-0.3, -0.25) is 9.69 Å². The highest BCUT2D eigenvalue weighted by Gasteiger charge is 2.26. The largest absolute Gasteiger partial charge is 0.484 e. The molecule has 1 aromatic carbocycles. The standard InChI is InChI=1S/C19H25N3O3.ClH/c1-21-9-11-22(12-10-21)17(18-8-5-13-24-18)14-20-19(23)15-25-16-6-3-2-4-7-16;/h2-8,13,17H,9-12,14-15H2,1H3,(H,20,23);1H. The highest BCUT2D eigenvalue weighted by atomic mass is 35.5. The van der Waals surface area contributed by atoms with Gasteiger partial charge in [0, 0.05) is 32.7 Å². The number of amides is 1. The first-order valence-electron chi connectivity index (χ1n) is 8.63. The molecule has 1 atom stereocenters. The third-order valence-corrected chi connectivity index (χ3v) is 4.46. The van der Waals surface area contributed by atoms with E-state index >= 15 is 0 Å². The van der Waals surface area contributed by atoms with Gasteiger partial charge in [0.05, 0.1) is 12.3 Å². The first-order chi connectivity index (χ1) is 12.2. The monoisotopic (exact) mass is 379 g/mol. The van der Waals surface area contributed by atoms with Crippen LogP contribution in [-0.4, -0.2) is 62.1 Å². The van der Waals surface area contributed by atoms with Crippen molar-refractivity contribution in [3.05, 3.63) is 54.5 Å². The Morgan fingerprint density at radius 2 is 1.88 bits per heavy atom. The number of halogens is 1. The Morgan fingerprint density at radius 3 is 2.54 bits per heavy atom. The maximum Gasteiger partial charge on any atom is 0.258 e. The Balaban J connectivity index is 0.00000243. The molecule has 3 rings (SSSR count). The molecule has 26 heavy (non-hydrogen) atoms. The maximum atomic E-state index is 12.1. The lowest BCUT2D eigenvalue weighted by atomic mass is 10.1. The Hall–Kier alpha value is -2.02. The number of likely N-dealkylation sites (N-methyl/N-ethyl adjacent to an activating group) is 1. The van der Waals surface area contributed by atoms with Crippen LogP contribution >= 0.6 is 12.4 Å². The predicted octanol–water partition coefficient (Wildman–Crippen LogP) is 2.19. The first kappa shape index (κ1) is 20.3. The van der Waals surface area contributed by atoms with E-state index in [4.69, 9.17) is 9.15 Å². The number of benzene rings is 1. The summed E-state index contributed by atoms with van der Waals surface area (Å²) < 4.78 is 11.1. The molecule has 1 fully saturated rings. The fourth-order valence-electron chi connectivity index (χ4n) is 2.95. The molecule has 1 aliphatic heterocycles. The van der Waals surface area contributed by atoms with E-state index < -0.39 is 0 Å². The zero-order valence-corrected chi connectivity index (χ0v) is 15.8. The third kappa shape index (κ3) is 5.76. The lowest BCUT2D eigenvalue weighted by Gasteiger charge is -2.37. The average Bonchev–Trinajstić information content (AvgIpc) is 3.17. The quantitative estimate of drug-likeness (QED) is 0.799. The minimum absolute atomic E-state index is 0. The molecule has 0 saturated carbocycles. The van der Waals surface area contributed by atoms with Crippen molar-refractivity contribution < 1.29 is 13.9 Å². The van der Waals surface area contributed by atoms with Crippen LogP contribution in [0.25, 0.3) is 0 Å². The number of nitrogens with one attached hydrogen (secondary N) is 1. The number of hydrogen-bond donors (Lipinski definition) is 1. The molecule has 1 saturated heterocycles. The van der Waals surface area contributed by atoms with Gasteiger partial charge in [0.15, 0.2) is 6.61 Å². The molecule has 2 heterocycles. The van der Waals surface area contributed by atoms with E-state index in [2.05, 4.69) is 22.2 Å². The lowest BCUT2D eigenvalue weighted by Crippen LogP contribution is -2.48. The Morgan fingerprint density at radius 1 is 1.15 bits per heavy atom. The normalized spacial score (nSPS) is 16.5. The SMILES string of the molecule is CN1CCN(C(CNC(=O)COc2ccccc2)c2ccco2)CC1.Cl. The second kappa shape index (κ2) is 10.2. The second-order valence-electron chi connectivity index (χ2n) is 6.28. The molecular weight excluding hydrogens is 354 g/mol. The summed E-state index contributed by atoms with van der Waals surface area (Å²) in [5, 5.41) is 2.97. The van der Waals surface area contributed by atoms with Crippen molar-refractivity contribution in [2.45, 2.75) is 6.04 Å². The molecule has 142 valence electrons. The molecular formula is C19H26ClN3O3. The summed E-state index contributed by atoms with van der Waals surface area (Å²) >= 11 is 0. The van der Waals surface area contributed by atoms with Crippen molar-refractivity contribution in [1.29, 1.82) is 0 Å². The van der Waals surface area contributed by atoms with Crippen LogP contribution in [0.15, 0.2) is 53.1 Å². The fraction of sp³-hybridized carbons (Fsp3) is 0.421. The van der Waals surface area contributed by atoms with Crippen LogP contribution in [0.1, 0.15) is 11.8 Å². The van der Waals surface area contributed by atoms with Crippen molar-refractivity contribution in [3.63, 3.8) is 0 Å². The Labute approximate surface area is 160 Å². The number of furan rings is 1. The number of hydrogen-bond acceptors (Lipinski definition) is 5. The number of piperazine rings is 1. The minimum Gasteiger partial charge on any atom is -0.484 e. The van der Waals surface area contributed by atoms with Gasteiger partial charge in [0.25, 0.3) is 5.91 Å². The van der Waals surface area contributed by atoms with Gasteiger partial charge in [-0.15, -0.1) is 12.4 Å². The van der Waals surface area contributed by atoms with E-state index in [0.717, 1.165) is 31.9 Å². The van der Waals surface area contributed by atoms with Crippen LogP contribution in [-0.2, 0) is 4.79 Å². The summed E-state index contributed by atoms with van der Waals surface area (Å²) in [5.41, 5.74) is 0. The van der Waals surface area contributed by atoms with E-state index in [1.165, 1.54) is 0 Å². The van der Waals surface area contributed by atoms with Gasteiger partial charge in [0.1, 0.15) is 11.5 Å². The summed E-state index contributed by atoms with van der Waals surface area (Å²) in [4.78, 5) is 16.8. The molecule has 1 aromatic heterocycles. The summed E-state index contributed by atoms with van der Waals surface area (Å²) in [7, 11) is 2.13. The minimum atomic E-state index is -0.130. The van der Waals surface area contributed by atoms with Gasteiger partial charge in [-0.2, -0.15) is 0 Å². The summed E-state index contributed by atoms with van der Waals surface area (Å²) in [6, 6.07) is 13.3. The molecule has 2 aromatic rings. The Bertz CT molecular complexity index is 643. The van der Waals surface area contributed by atoms with Crippen molar-refractivity contribution >= 4 is 18.3 Å². The van der Waals surface area contributed by atoms with Gasteiger partial charge in [-0.05, 0) is 31.3 Å². The van der Waals surface area contributed by atoms with Crippen LogP contribution in [0.3, 0.4) is 0 Å². The highest BCUT2D eigenvalue weighted by Crippen LogP contribution is 2.22. The summed E-state index contributed by atoms with van der Waals surface area (Å²) in [6.45, 7) is 4.47. The molecule has 1 amide bonds. The molecule has 6 nitrogen and oxygen atoms in total. The van der Waals surface area contributed by atoms with E-state index in [9.17, 15) is 4.79 Å². The maximum absolute atomic E-state index is 12.1. The molecule has 1 aliphatic rings. The van der Waals surface area contributed by atoms with E-state index in [0.29, 0.717) is 12.3 Å². The van der Waals surface area contributed by atoms with Gasteiger partial charge in [0.2, 0.25) is 0 Å². The van der Waals surface area contributed by atoms with Crippen molar-refractivity contribution in [2.75, 3.05) is 46.4 Å². The Kier molecular flexibility index (Phi) is 7.97. The van der Waals surface area contributed by atoms with Crippen molar-refractivity contribution in [1.82, 2.24) is 15.1 Å². The molecule has 0 bridgehead atoms. The van der Waals surface area contributed by atoms with E-state index in [-0.39, 0.29) is 31.0 Å². The fourth-order valence-corrected chi connectivity index (χ4v) is 2.95. The molecule has 0 aliphatic carbocycles. The molecule has 0 spiro atoms. The van der Waals surface area contributed by atoms with Crippen molar-refractivity contribution in [2.24, 2.45) is 0 Å². The van der Waals surface area contributed by atoms with Crippen LogP contribution in [0, 0.1) is 0 Å². The van der Waals surface area contributed by atoms with Gasteiger partial charge < -0.3 is 19.4 Å². The van der Waals surface area contributed by atoms with Crippen LogP contribution in [0.2, 0.25) is 0 Å². The van der Waals surface area contributed by atoms with Gasteiger partial charge in [-0.1, -0.05) is 18.2 Å². The van der Waals surface area contributed by atoms with Gasteiger partial charge >= 0.3 is 0 Å². The van der Waals surface area contributed by atoms with Gasteiger partial charge in [-0.25, -0.2) is 0 Å². The third-order valence-electron chi connectivity index (χ3n) is 4.46. The number of carbonyl (C=O) groups excluding carboxylic acids is 1. The van der Waals surface area contributed by atoms with Crippen LogP contribution < -0.4 is 10.1 Å². The highest BCUT2D eigenvalue weighted by molar-refractivity contribution is 5.85. The van der Waals surface area contributed by atoms with E-state index in [1.54, 1.807) is 6.26 Å². The van der Waals surface area contributed by atoms with Crippen molar-refractivity contribution in [3.8, 4) is 5.75 Å². The van der Waals surface area contributed by atoms with Crippen LogP contribution in [0.4, 0.5) is 0 Å². The lowest BCUT2D eigenvalue weighted by molar-refractivity contribution is -0.123. The topological polar surface area (TPSA) is 58.0 Å². The molecule has 0 radical (unpaired) electrons. The molecule has 1 N–H and O–H groups in total. The smallest absolute Gasteiger partial charge is 0.258 e. The zero-order chi connectivity index (χ0) is 17.5. The van der Waals surface area contributed by atoms with E-state index in [1.807, 2.05) is 42.5 Å². The molecule has 7 heteroatoms. The number of rotatable bonds is 7. The number of carbonyl (C=O) groups is 1. The average molecular weight is 380 g/mol. The second-order valence-corrected chi connectivity index (χ2v) is 6.28.